The molecule has 2 amide bonds. The highest BCUT2D eigenvalue weighted by Gasteiger charge is 2.59. The summed E-state index contributed by atoms with van der Waals surface area (Å²) in [6, 6.07) is 0. The predicted octanol–water partition coefficient (Wildman–Crippen LogP) is 2.25. The summed E-state index contributed by atoms with van der Waals surface area (Å²) in [6.45, 7) is 8.32. The van der Waals surface area contributed by atoms with Gasteiger partial charge in [0.05, 0.1) is 0 Å². The topological polar surface area (TPSA) is 49.4 Å². The molecule has 20 heavy (non-hydrogen) atoms. The highest BCUT2D eigenvalue weighted by atomic mass is 16.2. The standard InChI is InChI=1S/C16H26N2O2/c1-5-8-11-18-14(20)15(4,12-9-10-12)17-13(19)16(18,6-2)7-3/h5,8,12H,6-7,9-11H2,1-4H3,(H,17,19)/b8-5+. The Kier molecular flexibility index (Phi) is 3.94. The van der Waals surface area contributed by atoms with E-state index in [1.165, 1.54) is 0 Å². The lowest BCUT2D eigenvalue weighted by atomic mass is 9.80. The van der Waals surface area contributed by atoms with Crippen LogP contribution >= 0.6 is 0 Å². The molecule has 0 aromatic rings. The van der Waals surface area contributed by atoms with E-state index >= 15 is 0 Å². The number of hydrogen-bond donors (Lipinski definition) is 1. The van der Waals surface area contributed by atoms with E-state index in [0.717, 1.165) is 12.8 Å². The number of allylic oxidation sites excluding steroid dienone is 1. The normalized spacial score (nSPS) is 29.9. The maximum absolute atomic E-state index is 13.0. The quantitative estimate of drug-likeness (QED) is 0.784. The van der Waals surface area contributed by atoms with Crippen LogP contribution < -0.4 is 5.32 Å². The van der Waals surface area contributed by atoms with Crippen LogP contribution in [0.1, 0.15) is 53.4 Å². The Labute approximate surface area is 121 Å². The van der Waals surface area contributed by atoms with Crippen LogP contribution in [0.3, 0.4) is 0 Å². The lowest BCUT2D eigenvalue weighted by Crippen LogP contribution is -2.75. The van der Waals surface area contributed by atoms with Gasteiger partial charge in [0.1, 0.15) is 11.1 Å². The van der Waals surface area contributed by atoms with E-state index in [1.807, 2.05) is 44.7 Å². The molecule has 1 saturated carbocycles. The number of rotatable bonds is 5. The number of piperazine rings is 1. The summed E-state index contributed by atoms with van der Waals surface area (Å²) in [7, 11) is 0. The van der Waals surface area contributed by atoms with E-state index in [-0.39, 0.29) is 11.8 Å². The minimum absolute atomic E-state index is 0.0148. The van der Waals surface area contributed by atoms with Crippen LogP contribution in [-0.4, -0.2) is 34.3 Å². The van der Waals surface area contributed by atoms with Crippen molar-refractivity contribution in [2.45, 2.75) is 64.5 Å². The number of hydrogen-bond acceptors (Lipinski definition) is 2. The van der Waals surface area contributed by atoms with Crippen molar-refractivity contribution < 1.29 is 9.59 Å². The second-order valence-electron chi connectivity index (χ2n) is 6.15. The molecular weight excluding hydrogens is 252 g/mol. The molecule has 1 aliphatic heterocycles. The van der Waals surface area contributed by atoms with Crippen LogP contribution in [-0.2, 0) is 9.59 Å². The second-order valence-corrected chi connectivity index (χ2v) is 6.15. The zero-order valence-electron chi connectivity index (χ0n) is 13.0. The van der Waals surface area contributed by atoms with Crippen molar-refractivity contribution in [2.75, 3.05) is 6.54 Å². The molecule has 1 N–H and O–H groups in total. The largest absolute Gasteiger partial charge is 0.340 e. The number of nitrogens with zero attached hydrogens (tertiary/aromatic N) is 1. The van der Waals surface area contributed by atoms with Crippen LogP contribution in [0.4, 0.5) is 0 Å². The third-order valence-electron chi connectivity index (χ3n) is 5.09. The van der Waals surface area contributed by atoms with E-state index < -0.39 is 11.1 Å². The molecule has 1 atom stereocenters. The first kappa shape index (κ1) is 15.1. The van der Waals surface area contributed by atoms with Gasteiger partial charge < -0.3 is 10.2 Å². The average molecular weight is 278 g/mol. The van der Waals surface area contributed by atoms with Crippen molar-refractivity contribution >= 4 is 11.8 Å². The summed E-state index contributed by atoms with van der Waals surface area (Å²) in [4.78, 5) is 27.5. The lowest BCUT2D eigenvalue weighted by molar-refractivity contribution is -0.163. The van der Waals surface area contributed by atoms with Crippen LogP contribution in [0.25, 0.3) is 0 Å². The van der Waals surface area contributed by atoms with E-state index in [0.29, 0.717) is 25.3 Å². The van der Waals surface area contributed by atoms with Gasteiger partial charge in [-0.1, -0.05) is 26.0 Å². The van der Waals surface area contributed by atoms with Crippen LogP contribution in [0.5, 0.6) is 0 Å². The zero-order valence-corrected chi connectivity index (χ0v) is 13.0. The maximum Gasteiger partial charge on any atom is 0.249 e. The Morgan fingerprint density at radius 3 is 2.35 bits per heavy atom. The summed E-state index contributed by atoms with van der Waals surface area (Å²) in [5.41, 5.74) is -1.39. The molecule has 2 fully saturated rings. The molecule has 1 heterocycles. The number of nitrogens with one attached hydrogen (secondary N) is 1. The molecule has 0 bridgehead atoms. The minimum atomic E-state index is -0.702. The highest BCUT2D eigenvalue weighted by molar-refractivity contribution is 6.02. The van der Waals surface area contributed by atoms with E-state index in [1.54, 1.807) is 0 Å². The van der Waals surface area contributed by atoms with Crippen molar-refractivity contribution in [1.82, 2.24) is 10.2 Å². The number of carbonyl (C=O) groups is 2. The second kappa shape index (κ2) is 5.23. The smallest absolute Gasteiger partial charge is 0.249 e. The Bertz CT molecular complexity index is 436. The fourth-order valence-corrected chi connectivity index (χ4v) is 3.36. The van der Waals surface area contributed by atoms with Gasteiger partial charge in [-0.25, -0.2) is 0 Å². The molecular formula is C16H26N2O2. The molecule has 2 rings (SSSR count). The van der Waals surface area contributed by atoms with Crippen molar-refractivity contribution in [3.63, 3.8) is 0 Å². The van der Waals surface area contributed by atoms with Gasteiger partial charge in [0.15, 0.2) is 0 Å². The summed E-state index contributed by atoms with van der Waals surface area (Å²) >= 11 is 0. The third kappa shape index (κ3) is 2.05. The summed E-state index contributed by atoms with van der Waals surface area (Å²) in [6.07, 6.45) is 7.27. The Hall–Kier alpha value is -1.32. The summed E-state index contributed by atoms with van der Waals surface area (Å²) in [5.74, 6) is 0.404. The zero-order chi connectivity index (χ0) is 15.0. The fourth-order valence-electron chi connectivity index (χ4n) is 3.36. The maximum atomic E-state index is 13.0. The van der Waals surface area contributed by atoms with Gasteiger partial charge in [0.25, 0.3) is 0 Å². The summed E-state index contributed by atoms with van der Waals surface area (Å²) in [5, 5.41) is 3.05. The SMILES string of the molecule is C/C=C/CN1C(=O)C(C)(C2CC2)NC(=O)C1(CC)CC. The lowest BCUT2D eigenvalue weighted by Gasteiger charge is -2.51. The van der Waals surface area contributed by atoms with Gasteiger partial charge in [0.2, 0.25) is 11.8 Å². The van der Waals surface area contributed by atoms with Crippen molar-refractivity contribution in [2.24, 2.45) is 5.92 Å². The Balaban J connectivity index is 2.40. The van der Waals surface area contributed by atoms with Gasteiger partial charge in [-0.05, 0) is 45.4 Å². The molecule has 0 aromatic heterocycles. The third-order valence-corrected chi connectivity index (χ3v) is 5.09. The first-order chi connectivity index (χ1) is 9.46. The minimum Gasteiger partial charge on any atom is -0.340 e. The number of amides is 2. The van der Waals surface area contributed by atoms with E-state index in [2.05, 4.69) is 5.32 Å². The van der Waals surface area contributed by atoms with Crippen LogP contribution in [0, 0.1) is 5.92 Å². The van der Waals surface area contributed by atoms with Gasteiger partial charge in [-0.3, -0.25) is 9.59 Å². The summed E-state index contributed by atoms with van der Waals surface area (Å²) < 4.78 is 0. The van der Waals surface area contributed by atoms with Gasteiger partial charge in [0, 0.05) is 6.54 Å². The van der Waals surface area contributed by atoms with Crippen molar-refractivity contribution in [1.29, 1.82) is 0 Å². The molecule has 1 saturated heterocycles. The highest BCUT2D eigenvalue weighted by Crippen LogP contribution is 2.44. The van der Waals surface area contributed by atoms with Crippen LogP contribution in [0.15, 0.2) is 12.2 Å². The van der Waals surface area contributed by atoms with Gasteiger partial charge >= 0.3 is 0 Å². The monoisotopic (exact) mass is 278 g/mol. The van der Waals surface area contributed by atoms with Crippen molar-refractivity contribution in [3.8, 4) is 0 Å². The fraction of sp³-hybridized carbons (Fsp3) is 0.750. The molecule has 4 heteroatoms. The predicted molar refractivity (Wildman–Crippen MR) is 79.1 cm³/mol. The molecule has 1 aliphatic carbocycles. The van der Waals surface area contributed by atoms with E-state index in [4.69, 9.17) is 0 Å². The number of carbonyl (C=O) groups excluding carboxylic acids is 2. The Morgan fingerprint density at radius 1 is 1.30 bits per heavy atom. The molecule has 4 nitrogen and oxygen atoms in total. The van der Waals surface area contributed by atoms with E-state index in [9.17, 15) is 9.59 Å². The first-order valence-corrected chi connectivity index (χ1v) is 7.72. The molecule has 2 aliphatic rings. The molecule has 112 valence electrons. The van der Waals surface area contributed by atoms with Gasteiger partial charge in [-0.2, -0.15) is 0 Å². The molecule has 0 spiro atoms. The van der Waals surface area contributed by atoms with Crippen LogP contribution in [0.2, 0.25) is 0 Å². The first-order valence-electron chi connectivity index (χ1n) is 7.72. The van der Waals surface area contributed by atoms with Crippen molar-refractivity contribution in [3.05, 3.63) is 12.2 Å². The molecule has 0 aromatic carbocycles. The van der Waals surface area contributed by atoms with Gasteiger partial charge in [-0.15, -0.1) is 0 Å². The average Bonchev–Trinajstić information content (AvgIpc) is 3.26. The Morgan fingerprint density at radius 2 is 1.90 bits per heavy atom. The molecule has 1 unspecified atom stereocenters. The molecule has 0 radical (unpaired) electrons.